The molecule has 0 amide bonds. The lowest BCUT2D eigenvalue weighted by Gasteiger charge is -2.30. The molecule has 0 spiro atoms. The van der Waals surface area contributed by atoms with Crippen molar-refractivity contribution in [3.8, 4) is 11.3 Å². The average Bonchev–Trinajstić information content (AvgIpc) is 3.16. The molecule has 200 valence electrons. The summed E-state index contributed by atoms with van der Waals surface area (Å²) in [5.74, 6) is 0.472. The molecule has 1 saturated heterocycles. The minimum absolute atomic E-state index is 0.121. The number of sulfonamides is 2. The van der Waals surface area contributed by atoms with Gasteiger partial charge in [-0.2, -0.15) is 4.31 Å². The van der Waals surface area contributed by atoms with Gasteiger partial charge in [0, 0.05) is 31.0 Å². The number of primary sulfonamides is 1. The van der Waals surface area contributed by atoms with E-state index in [0.29, 0.717) is 43.5 Å². The third kappa shape index (κ3) is 5.57. The van der Waals surface area contributed by atoms with Gasteiger partial charge in [-0.25, -0.2) is 22.0 Å². The number of benzene rings is 1. The number of nitrogens with zero attached hydrogens (tertiary/aromatic N) is 2. The smallest absolute Gasteiger partial charge is 0.243 e. The van der Waals surface area contributed by atoms with E-state index in [2.05, 4.69) is 4.57 Å². The van der Waals surface area contributed by atoms with Gasteiger partial charge < -0.3 is 9.30 Å². The lowest BCUT2D eigenvalue weighted by Crippen LogP contribution is -2.41. The Kier molecular flexibility index (Phi) is 7.75. The summed E-state index contributed by atoms with van der Waals surface area (Å²) in [7, 11) is -7.61. The zero-order valence-corrected chi connectivity index (χ0v) is 23.4. The summed E-state index contributed by atoms with van der Waals surface area (Å²) in [6.45, 7) is 9.91. The molecule has 1 aliphatic carbocycles. The first-order valence-corrected chi connectivity index (χ1v) is 15.7. The molecule has 0 unspecified atom stereocenters. The topological polar surface area (TPSA) is 112 Å². The predicted octanol–water partition coefficient (Wildman–Crippen LogP) is 4.01. The third-order valence-electron chi connectivity index (χ3n) is 7.46. The molecule has 0 bridgehead atoms. The highest BCUT2D eigenvalue weighted by molar-refractivity contribution is 7.89. The van der Waals surface area contributed by atoms with Crippen LogP contribution in [0, 0.1) is 12.8 Å². The van der Waals surface area contributed by atoms with Crippen molar-refractivity contribution in [3.63, 3.8) is 0 Å². The van der Waals surface area contributed by atoms with Gasteiger partial charge in [0.15, 0.2) is 0 Å². The highest BCUT2D eigenvalue weighted by atomic mass is 32.2. The summed E-state index contributed by atoms with van der Waals surface area (Å²) < 4.78 is 60.9. The number of hydrogen-bond acceptors (Lipinski definition) is 5. The van der Waals surface area contributed by atoms with Crippen LogP contribution in [0.5, 0.6) is 0 Å². The SMILES string of the molecule is Cc1c(S(N)(=O)=O)cc(-c2ccc(S(=O)(=O)N3CCOCC3)c(C(C)(C)C)c2)n1CC1CCCCC1. The van der Waals surface area contributed by atoms with Crippen LogP contribution in [-0.4, -0.2) is 52.0 Å². The van der Waals surface area contributed by atoms with Crippen molar-refractivity contribution >= 4 is 20.0 Å². The number of rotatable bonds is 6. The van der Waals surface area contributed by atoms with E-state index in [1.165, 1.54) is 23.6 Å². The molecule has 2 N–H and O–H groups in total. The lowest BCUT2D eigenvalue weighted by atomic mass is 9.85. The van der Waals surface area contributed by atoms with Gasteiger partial charge in [0.1, 0.15) is 4.90 Å². The van der Waals surface area contributed by atoms with Crippen molar-refractivity contribution < 1.29 is 21.6 Å². The number of ether oxygens (including phenoxy) is 1. The van der Waals surface area contributed by atoms with Crippen molar-refractivity contribution in [2.75, 3.05) is 26.3 Å². The molecule has 1 aromatic heterocycles. The first kappa shape index (κ1) is 27.3. The summed E-state index contributed by atoms with van der Waals surface area (Å²) in [6, 6.07) is 7.02. The van der Waals surface area contributed by atoms with Gasteiger partial charge in [-0.1, -0.05) is 46.1 Å². The lowest BCUT2D eigenvalue weighted by molar-refractivity contribution is 0.0730. The molecule has 2 heterocycles. The molecular formula is C26H39N3O5S2. The Morgan fingerprint density at radius 1 is 0.972 bits per heavy atom. The van der Waals surface area contributed by atoms with Gasteiger partial charge in [0.2, 0.25) is 20.0 Å². The van der Waals surface area contributed by atoms with E-state index in [-0.39, 0.29) is 9.79 Å². The Morgan fingerprint density at radius 2 is 1.61 bits per heavy atom. The highest BCUT2D eigenvalue weighted by Crippen LogP contribution is 2.37. The van der Waals surface area contributed by atoms with Crippen molar-refractivity contribution in [2.45, 2.75) is 81.5 Å². The molecule has 2 aliphatic rings. The summed E-state index contributed by atoms with van der Waals surface area (Å²) >= 11 is 0. The van der Waals surface area contributed by atoms with E-state index in [1.54, 1.807) is 25.1 Å². The standard InChI is InChI=1S/C26H39N3O5S2/c1-19-25(35(27,30)31)17-23(29(19)18-20-8-6-5-7-9-20)21-10-11-24(22(16-21)26(2,3)4)36(32,33)28-12-14-34-15-13-28/h10-11,16-17,20H,5-9,12-15,18H2,1-4H3,(H2,27,30,31). The summed E-state index contributed by atoms with van der Waals surface area (Å²) in [5, 5.41) is 5.58. The zero-order valence-electron chi connectivity index (χ0n) is 21.8. The predicted molar refractivity (Wildman–Crippen MR) is 141 cm³/mol. The van der Waals surface area contributed by atoms with Gasteiger partial charge in [0.05, 0.1) is 18.1 Å². The van der Waals surface area contributed by atoms with Crippen LogP contribution in [0.4, 0.5) is 0 Å². The Labute approximate surface area is 215 Å². The van der Waals surface area contributed by atoms with Crippen LogP contribution in [0.2, 0.25) is 0 Å². The molecule has 8 nitrogen and oxygen atoms in total. The van der Waals surface area contributed by atoms with Gasteiger partial charge >= 0.3 is 0 Å². The molecular weight excluding hydrogens is 498 g/mol. The molecule has 2 fully saturated rings. The van der Waals surface area contributed by atoms with E-state index in [4.69, 9.17) is 9.88 Å². The van der Waals surface area contributed by atoms with Crippen LogP contribution in [0.15, 0.2) is 34.1 Å². The van der Waals surface area contributed by atoms with E-state index < -0.39 is 25.5 Å². The first-order valence-electron chi connectivity index (χ1n) is 12.8. The van der Waals surface area contributed by atoms with E-state index >= 15 is 0 Å². The summed E-state index contributed by atoms with van der Waals surface area (Å²) in [6.07, 6.45) is 5.84. The number of morpholine rings is 1. The fourth-order valence-corrected chi connectivity index (χ4v) is 8.03. The highest BCUT2D eigenvalue weighted by Gasteiger charge is 2.33. The fraction of sp³-hybridized carbons (Fsp3) is 0.615. The van der Waals surface area contributed by atoms with Crippen LogP contribution in [-0.2, 0) is 36.7 Å². The van der Waals surface area contributed by atoms with Crippen LogP contribution in [0.1, 0.15) is 64.1 Å². The number of hydrogen-bond donors (Lipinski definition) is 1. The van der Waals surface area contributed by atoms with Crippen LogP contribution < -0.4 is 5.14 Å². The minimum Gasteiger partial charge on any atom is -0.379 e. The van der Waals surface area contributed by atoms with E-state index in [0.717, 1.165) is 30.6 Å². The zero-order chi connectivity index (χ0) is 26.3. The number of aromatic nitrogens is 1. The Bertz CT molecular complexity index is 1310. The fourth-order valence-electron chi connectivity index (χ4n) is 5.44. The van der Waals surface area contributed by atoms with Crippen LogP contribution in [0.3, 0.4) is 0 Å². The Balaban J connectivity index is 1.85. The van der Waals surface area contributed by atoms with Gasteiger partial charge in [0.25, 0.3) is 0 Å². The second-order valence-corrected chi connectivity index (χ2v) is 14.6. The molecule has 2 aromatic rings. The second-order valence-electron chi connectivity index (χ2n) is 11.1. The minimum atomic E-state index is -3.90. The quantitative estimate of drug-likeness (QED) is 0.598. The maximum Gasteiger partial charge on any atom is 0.243 e. The van der Waals surface area contributed by atoms with Crippen molar-refractivity contribution in [1.29, 1.82) is 0 Å². The molecule has 10 heteroatoms. The summed E-state index contributed by atoms with van der Waals surface area (Å²) in [5.41, 5.74) is 2.41. The van der Waals surface area contributed by atoms with Gasteiger partial charge in [-0.15, -0.1) is 0 Å². The monoisotopic (exact) mass is 537 g/mol. The van der Waals surface area contributed by atoms with Gasteiger partial charge in [-0.05, 0) is 60.4 Å². The molecule has 0 atom stereocenters. The van der Waals surface area contributed by atoms with Crippen LogP contribution in [0.25, 0.3) is 11.3 Å². The van der Waals surface area contributed by atoms with Crippen molar-refractivity contribution in [3.05, 3.63) is 35.5 Å². The van der Waals surface area contributed by atoms with Crippen molar-refractivity contribution in [2.24, 2.45) is 11.1 Å². The van der Waals surface area contributed by atoms with E-state index in [1.807, 2.05) is 26.8 Å². The normalized spacial score (nSPS) is 19.0. The maximum absolute atomic E-state index is 13.6. The molecule has 4 rings (SSSR count). The number of nitrogens with two attached hydrogens (primary N) is 1. The largest absolute Gasteiger partial charge is 0.379 e. The molecule has 1 saturated carbocycles. The molecule has 0 radical (unpaired) electrons. The first-order chi connectivity index (χ1) is 16.8. The van der Waals surface area contributed by atoms with E-state index in [9.17, 15) is 16.8 Å². The molecule has 1 aromatic carbocycles. The maximum atomic E-state index is 13.6. The Morgan fingerprint density at radius 3 is 2.19 bits per heavy atom. The molecule has 1 aliphatic heterocycles. The van der Waals surface area contributed by atoms with Gasteiger partial charge in [-0.3, -0.25) is 0 Å². The third-order valence-corrected chi connectivity index (χ3v) is 10.4. The Hall–Kier alpha value is -1.72. The summed E-state index contributed by atoms with van der Waals surface area (Å²) in [4.78, 5) is 0.407. The van der Waals surface area contributed by atoms with Crippen LogP contribution >= 0.6 is 0 Å². The molecule has 36 heavy (non-hydrogen) atoms. The van der Waals surface area contributed by atoms with Crippen molar-refractivity contribution in [1.82, 2.24) is 8.87 Å². The average molecular weight is 538 g/mol. The second kappa shape index (κ2) is 10.2.